The van der Waals surface area contributed by atoms with E-state index < -0.39 is 5.97 Å². The van der Waals surface area contributed by atoms with Gasteiger partial charge >= 0.3 is 5.97 Å². The zero-order valence-electron chi connectivity index (χ0n) is 16.9. The molecule has 0 unspecified atom stereocenters. The average molecular weight is 428 g/mol. The summed E-state index contributed by atoms with van der Waals surface area (Å²) in [6.45, 7) is 2.23. The molecule has 2 aromatic carbocycles. The molecule has 2 aromatic rings. The SMILES string of the molecule is CC1CCC(CC(=O)N/C(=C/c2ccc(Oc3ccccc3Cl)cc2)C(=O)O)CC1. The van der Waals surface area contributed by atoms with Gasteiger partial charge in [0.1, 0.15) is 17.2 Å². The lowest BCUT2D eigenvalue weighted by Crippen LogP contribution is -2.29. The highest BCUT2D eigenvalue weighted by atomic mass is 35.5. The molecule has 0 bridgehead atoms. The third kappa shape index (κ3) is 6.36. The van der Waals surface area contributed by atoms with Crippen molar-refractivity contribution in [2.75, 3.05) is 0 Å². The fourth-order valence-corrected chi connectivity index (χ4v) is 3.78. The first-order valence-corrected chi connectivity index (χ1v) is 10.6. The van der Waals surface area contributed by atoms with Crippen molar-refractivity contribution in [3.63, 3.8) is 0 Å². The Bertz CT molecular complexity index is 915. The lowest BCUT2D eigenvalue weighted by molar-refractivity contribution is -0.134. The normalized spacial score (nSPS) is 19.2. The molecule has 5 nitrogen and oxygen atoms in total. The molecule has 1 amide bonds. The van der Waals surface area contributed by atoms with Crippen LogP contribution < -0.4 is 10.1 Å². The van der Waals surface area contributed by atoms with Crippen LogP contribution in [0.15, 0.2) is 54.2 Å². The minimum Gasteiger partial charge on any atom is -0.477 e. The average Bonchev–Trinajstić information content (AvgIpc) is 2.72. The molecular formula is C24H26ClNO4. The van der Waals surface area contributed by atoms with E-state index in [0.29, 0.717) is 40.3 Å². The van der Waals surface area contributed by atoms with Gasteiger partial charge in [-0.3, -0.25) is 4.79 Å². The van der Waals surface area contributed by atoms with Gasteiger partial charge < -0.3 is 15.2 Å². The third-order valence-corrected chi connectivity index (χ3v) is 5.68. The standard InChI is InChI=1S/C24H26ClNO4/c1-16-6-8-18(9-7-16)15-23(27)26-21(24(28)29)14-17-10-12-19(13-11-17)30-22-5-3-2-4-20(22)25/h2-5,10-14,16,18H,6-9,15H2,1H3,(H,26,27)(H,28,29)/b21-14+. The zero-order valence-corrected chi connectivity index (χ0v) is 17.7. The molecule has 158 valence electrons. The van der Waals surface area contributed by atoms with Crippen LogP contribution in [0.25, 0.3) is 6.08 Å². The highest BCUT2D eigenvalue weighted by molar-refractivity contribution is 6.32. The van der Waals surface area contributed by atoms with Crippen LogP contribution in [0.4, 0.5) is 0 Å². The molecule has 1 saturated carbocycles. The summed E-state index contributed by atoms with van der Waals surface area (Å²) in [7, 11) is 0. The molecule has 1 aliphatic rings. The topological polar surface area (TPSA) is 75.6 Å². The fraction of sp³-hybridized carbons (Fsp3) is 0.333. The second-order valence-electron chi connectivity index (χ2n) is 7.84. The van der Waals surface area contributed by atoms with Crippen LogP contribution in [-0.2, 0) is 9.59 Å². The Balaban J connectivity index is 1.62. The van der Waals surface area contributed by atoms with Crippen molar-refractivity contribution < 1.29 is 19.4 Å². The number of amides is 1. The number of carboxylic acids is 1. The summed E-state index contributed by atoms with van der Waals surface area (Å²) in [5.74, 6) is 0.741. The number of hydrogen-bond donors (Lipinski definition) is 2. The predicted molar refractivity (Wildman–Crippen MR) is 117 cm³/mol. The van der Waals surface area contributed by atoms with Gasteiger partial charge in [-0.05, 0) is 60.6 Å². The second-order valence-corrected chi connectivity index (χ2v) is 8.25. The van der Waals surface area contributed by atoms with Crippen molar-refractivity contribution in [1.82, 2.24) is 5.32 Å². The number of rotatable bonds is 7. The highest BCUT2D eigenvalue weighted by Crippen LogP contribution is 2.31. The van der Waals surface area contributed by atoms with Gasteiger partial charge in [-0.25, -0.2) is 4.79 Å². The Morgan fingerprint density at radius 1 is 1.10 bits per heavy atom. The number of halogens is 1. The third-order valence-electron chi connectivity index (χ3n) is 5.37. The van der Waals surface area contributed by atoms with Crippen molar-refractivity contribution in [3.8, 4) is 11.5 Å². The van der Waals surface area contributed by atoms with Gasteiger partial charge in [0.25, 0.3) is 0 Å². The minimum absolute atomic E-state index is 0.135. The van der Waals surface area contributed by atoms with Crippen LogP contribution in [-0.4, -0.2) is 17.0 Å². The molecule has 0 spiro atoms. The van der Waals surface area contributed by atoms with E-state index in [-0.39, 0.29) is 11.6 Å². The van der Waals surface area contributed by atoms with Gasteiger partial charge in [0.15, 0.2) is 0 Å². The molecule has 0 atom stereocenters. The summed E-state index contributed by atoms with van der Waals surface area (Å²) < 4.78 is 5.73. The summed E-state index contributed by atoms with van der Waals surface area (Å²) in [5.41, 5.74) is 0.509. The Morgan fingerprint density at radius 3 is 2.40 bits per heavy atom. The summed E-state index contributed by atoms with van der Waals surface area (Å²) >= 11 is 6.09. The first-order chi connectivity index (χ1) is 14.4. The highest BCUT2D eigenvalue weighted by Gasteiger charge is 2.22. The van der Waals surface area contributed by atoms with Crippen LogP contribution in [0.2, 0.25) is 5.02 Å². The quantitative estimate of drug-likeness (QED) is 0.540. The maximum Gasteiger partial charge on any atom is 0.352 e. The molecule has 6 heteroatoms. The molecule has 1 aliphatic carbocycles. The summed E-state index contributed by atoms with van der Waals surface area (Å²) in [6.07, 6.45) is 6.11. The molecule has 0 aromatic heterocycles. The zero-order chi connectivity index (χ0) is 21.5. The lowest BCUT2D eigenvalue weighted by Gasteiger charge is -2.25. The molecule has 30 heavy (non-hydrogen) atoms. The van der Waals surface area contributed by atoms with Gasteiger partial charge in [0, 0.05) is 6.42 Å². The van der Waals surface area contributed by atoms with E-state index in [2.05, 4.69) is 12.2 Å². The smallest absolute Gasteiger partial charge is 0.352 e. The van der Waals surface area contributed by atoms with E-state index >= 15 is 0 Å². The number of carbonyl (C=O) groups is 2. The number of aliphatic carboxylic acids is 1. The van der Waals surface area contributed by atoms with Crippen molar-refractivity contribution >= 4 is 29.6 Å². The molecule has 0 radical (unpaired) electrons. The van der Waals surface area contributed by atoms with Gasteiger partial charge in [-0.1, -0.05) is 55.6 Å². The molecule has 3 rings (SSSR count). The summed E-state index contributed by atoms with van der Waals surface area (Å²) in [5, 5.41) is 12.5. The molecule has 0 saturated heterocycles. The Kier molecular flexibility index (Phi) is 7.52. The molecule has 2 N–H and O–H groups in total. The molecular weight excluding hydrogens is 402 g/mol. The van der Waals surface area contributed by atoms with E-state index in [1.165, 1.54) is 6.08 Å². The van der Waals surface area contributed by atoms with Crippen molar-refractivity contribution in [1.29, 1.82) is 0 Å². The first-order valence-electron chi connectivity index (χ1n) is 10.2. The first kappa shape index (κ1) is 21.9. The van der Waals surface area contributed by atoms with Crippen LogP contribution in [0, 0.1) is 11.8 Å². The maximum absolute atomic E-state index is 12.3. The monoisotopic (exact) mass is 427 g/mol. The number of benzene rings is 2. The van der Waals surface area contributed by atoms with Crippen LogP contribution in [0.5, 0.6) is 11.5 Å². The van der Waals surface area contributed by atoms with E-state index in [4.69, 9.17) is 16.3 Å². The van der Waals surface area contributed by atoms with Gasteiger partial charge in [-0.15, -0.1) is 0 Å². The predicted octanol–water partition coefficient (Wildman–Crippen LogP) is 5.89. The molecule has 0 aliphatic heterocycles. The van der Waals surface area contributed by atoms with Crippen molar-refractivity contribution in [3.05, 3.63) is 64.8 Å². The Hall–Kier alpha value is -2.79. The largest absolute Gasteiger partial charge is 0.477 e. The van der Waals surface area contributed by atoms with E-state index in [1.807, 2.05) is 12.1 Å². The lowest BCUT2D eigenvalue weighted by atomic mass is 9.81. The van der Waals surface area contributed by atoms with Crippen LogP contribution in [0.1, 0.15) is 44.6 Å². The van der Waals surface area contributed by atoms with E-state index in [1.54, 1.807) is 36.4 Å². The fourth-order valence-electron chi connectivity index (χ4n) is 3.60. The number of nitrogens with one attached hydrogen (secondary N) is 1. The van der Waals surface area contributed by atoms with Gasteiger partial charge in [0.2, 0.25) is 5.91 Å². The van der Waals surface area contributed by atoms with Crippen molar-refractivity contribution in [2.24, 2.45) is 11.8 Å². The van der Waals surface area contributed by atoms with Gasteiger partial charge in [0.05, 0.1) is 5.02 Å². The molecule has 1 fully saturated rings. The number of carbonyl (C=O) groups excluding carboxylic acids is 1. The number of hydrogen-bond acceptors (Lipinski definition) is 3. The summed E-state index contributed by atoms with van der Waals surface area (Å²) in [6, 6.07) is 14.0. The van der Waals surface area contributed by atoms with Crippen molar-refractivity contribution in [2.45, 2.75) is 39.0 Å². The van der Waals surface area contributed by atoms with E-state index in [0.717, 1.165) is 25.7 Å². The van der Waals surface area contributed by atoms with E-state index in [9.17, 15) is 14.7 Å². The molecule has 0 heterocycles. The number of ether oxygens (including phenoxy) is 1. The second kappa shape index (κ2) is 10.3. The van der Waals surface area contributed by atoms with Gasteiger partial charge in [-0.2, -0.15) is 0 Å². The summed E-state index contributed by atoms with van der Waals surface area (Å²) in [4.78, 5) is 23.9. The minimum atomic E-state index is -1.17. The Morgan fingerprint density at radius 2 is 1.77 bits per heavy atom. The maximum atomic E-state index is 12.3. The number of carboxylic acid groups (broad SMARTS) is 1. The van der Waals surface area contributed by atoms with Crippen LogP contribution in [0.3, 0.4) is 0 Å². The Labute approximate surface area is 181 Å². The number of para-hydroxylation sites is 1. The van der Waals surface area contributed by atoms with Crippen LogP contribution >= 0.6 is 11.6 Å².